The Hall–Kier alpha value is -2.63. The van der Waals surface area contributed by atoms with Crippen LogP contribution in [0.2, 0.25) is 0 Å². The number of rotatable bonds is 3. The second-order valence-corrected chi connectivity index (χ2v) is 3.98. The van der Waals surface area contributed by atoms with Gasteiger partial charge >= 0.3 is 5.63 Å². The van der Waals surface area contributed by atoms with Gasteiger partial charge in [-0.25, -0.2) is 4.79 Å². The van der Waals surface area contributed by atoms with Gasteiger partial charge in [0.25, 0.3) is 0 Å². The van der Waals surface area contributed by atoms with Gasteiger partial charge < -0.3 is 9.52 Å². The molecule has 0 aliphatic heterocycles. The minimum absolute atomic E-state index is 0.245. The molecule has 0 atom stereocenters. The number of aromatic hydroxyl groups is 1. The molecule has 98 valence electrons. The SMILES string of the molecule is Cc1cc(O)c(C(=O)C=Cc2ccnn2C)c(=O)o1. The van der Waals surface area contributed by atoms with Crippen molar-refractivity contribution in [3.8, 4) is 5.75 Å². The van der Waals surface area contributed by atoms with Crippen LogP contribution in [0.15, 0.2) is 33.6 Å². The summed E-state index contributed by atoms with van der Waals surface area (Å²) in [5.41, 5.74) is -0.523. The molecule has 0 unspecified atom stereocenters. The van der Waals surface area contributed by atoms with Crippen LogP contribution in [0.3, 0.4) is 0 Å². The minimum Gasteiger partial charge on any atom is -0.507 e. The van der Waals surface area contributed by atoms with Gasteiger partial charge in [-0.1, -0.05) is 0 Å². The first-order valence-electron chi connectivity index (χ1n) is 5.53. The number of allylic oxidation sites excluding steroid dienone is 1. The maximum absolute atomic E-state index is 11.9. The van der Waals surface area contributed by atoms with E-state index in [0.29, 0.717) is 5.69 Å². The van der Waals surface area contributed by atoms with Crippen LogP contribution in [0.4, 0.5) is 0 Å². The molecule has 2 heterocycles. The van der Waals surface area contributed by atoms with Gasteiger partial charge in [-0.05, 0) is 25.1 Å². The van der Waals surface area contributed by atoms with E-state index in [1.807, 2.05) is 0 Å². The molecule has 0 aliphatic carbocycles. The number of nitrogens with zero attached hydrogens (tertiary/aromatic N) is 2. The Morgan fingerprint density at radius 1 is 1.53 bits per heavy atom. The zero-order valence-corrected chi connectivity index (χ0v) is 10.5. The van der Waals surface area contributed by atoms with Crippen LogP contribution < -0.4 is 5.63 Å². The lowest BCUT2D eigenvalue weighted by molar-refractivity contribution is 0.104. The second-order valence-electron chi connectivity index (χ2n) is 3.98. The van der Waals surface area contributed by atoms with E-state index in [-0.39, 0.29) is 17.1 Å². The van der Waals surface area contributed by atoms with E-state index in [1.54, 1.807) is 24.0 Å². The molecular weight excluding hydrogens is 248 g/mol. The summed E-state index contributed by atoms with van der Waals surface area (Å²) in [5.74, 6) is -0.754. The fraction of sp³-hybridized carbons (Fsp3) is 0.154. The summed E-state index contributed by atoms with van der Waals surface area (Å²) >= 11 is 0. The Morgan fingerprint density at radius 3 is 2.84 bits per heavy atom. The van der Waals surface area contributed by atoms with E-state index < -0.39 is 11.4 Å². The first-order chi connectivity index (χ1) is 8.99. The van der Waals surface area contributed by atoms with Gasteiger partial charge in [0, 0.05) is 19.3 Å². The first-order valence-corrected chi connectivity index (χ1v) is 5.53. The summed E-state index contributed by atoms with van der Waals surface area (Å²) in [6.45, 7) is 1.51. The molecule has 0 saturated heterocycles. The van der Waals surface area contributed by atoms with Crippen LogP contribution >= 0.6 is 0 Å². The number of carbonyl (C=O) groups excluding carboxylic acids is 1. The van der Waals surface area contributed by atoms with Crippen LogP contribution in [-0.4, -0.2) is 20.7 Å². The Morgan fingerprint density at radius 2 is 2.26 bits per heavy atom. The molecule has 0 fully saturated rings. The van der Waals surface area contributed by atoms with E-state index in [9.17, 15) is 14.7 Å². The molecule has 2 aromatic heterocycles. The largest absolute Gasteiger partial charge is 0.507 e. The maximum atomic E-state index is 11.9. The molecule has 0 spiro atoms. The molecular formula is C13H12N2O4. The van der Waals surface area contributed by atoms with E-state index in [0.717, 1.165) is 0 Å². The Bertz CT molecular complexity index is 710. The van der Waals surface area contributed by atoms with Gasteiger partial charge in [0.1, 0.15) is 17.1 Å². The lowest BCUT2D eigenvalue weighted by Gasteiger charge is -1.99. The van der Waals surface area contributed by atoms with Gasteiger partial charge in [0.15, 0.2) is 5.78 Å². The lowest BCUT2D eigenvalue weighted by Crippen LogP contribution is -2.13. The number of aromatic nitrogens is 2. The molecule has 6 nitrogen and oxygen atoms in total. The number of carbonyl (C=O) groups is 1. The predicted octanol–water partition coefficient (Wildman–Crippen LogP) is 1.28. The highest BCUT2D eigenvalue weighted by molar-refractivity contribution is 6.08. The van der Waals surface area contributed by atoms with Gasteiger partial charge in [0.2, 0.25) is 0 Å². The lowest BCUT2D eigenvalue weighted by atomic mass is 10.1. The Kier molecular flexibility index (Phi) is 3.33. The molecule has 0 amide bonds. The summed E-state index contributed by atoms with van der Waals surface area (Å²) in [7, 11) is 1.72. The van der Waals surface area contributed by atoms with Gasteiger partial charge in [-0.15, -0.1) is 0 Å². The first kappa shape index (κ1) is 12.8. The highest BCUT2D eigenvalue weighted by Gasteiger charge is 2.15. The summed E-state index contributed by atoms with van der Waals surface area (Å²) in [6.07, 6.45) is 4.29. The standard InChI is InChI=1S/C13H12N2O4/c1-8-7-11(17)12(13(18)19-8)10(16)4-3-9-5-6-14-15(9)2/h3-7,17H,1-2H3. The maximum Gasteiger partial charge on any atom is 0.351 e. The third-order valence-electron chi connectivity index (χ3n) is 2.56. The highest BCUT2D eigenvalue weighted by atomic mass is 16.4. The predicted molar refractivity (Wildman–Crippen MR) is 68.0 cm³/mol. The molecule has 6 heteroatoms. The van der Waals surface area contributed by atoms with E-state index in [2.05, 4.69) is 5.10 Å². The zero-order valence-electron chi connectivity index (χ0n) is 10.5. The fourth-order valence-electron chi connectivity index (χ4n) is 1.61. The van der Waals surface area contributed by atoms with Crippen molar-refractivity contribution in [1.82, 2.24) is 9.78 Å². The highest BCUT2D eigenvalue weighted by Crippen LogP contribution is 2.15. The normalized spacial score (nSPS) is 11.1. The summed E-state index contributed by atoms with van der Waals surface area (Å²) in [6, 6.07) is 2.94. The van der Waals surface area contributed by atoms with Crippen molar-refractivity contribution < 1.29 is 14.3 Å². The van der Waals surface area contributed by atoms with Crippen molar-refractivity contribution >= 4 is 11.9 Å². The smallest absolute Gasteiger partial charge is 0.351 e. The van der Waals surface area contributed by atoms with Crippen molar-refractivity contribution in [3.63, 3.8) is 0 Å². The average molecular weight is 260 g/mol. The number of hydrogen-bond donors (Lipinski definition) is 1. The summed E-state index contributed by atoms with van der Waals surface area (Å²) in [4.78, 5) is 23.4. The molecule has 19 heavy (non-hydrogen) atoms. The Labute approximate surface area is 108 Å². The molecule has 0 bridgehead atoms. The molecule has 0 radical (unpaired) electrons. The average Bonchev–Trinajstić information content (AvgIpc) is 2.70. The van der Waals surface area contributed by atoms with E-state index >= 15 is 0 Å². The monoisotopic (exact) mass is 260 g/mol. The van der Waals surface area contributed by atoms with Gasteiger partial charge in [-0.2, -0.15) is 5.10 Å². The van der Waals surface area contributed by atoms with Gasteiger partial charge in [0.05, 0.1) is 5.69 Å². The molecule has 0 aromatic carbocycles. The molecule has 1 N–H and O–H groups in total. The van der Waals surface area contributed by atoms with Crippen LogP contribution in [0.25, 0.3) is 6.08 Å². The summed E-state index contributed by atoms with van der Waals surface area (Å²) < 4.78 is 6.35. The summed E-state index contributed by atoms with van der Waals surface area (Å²) in [5, 5.41) is 13.6. The third-order valence-corrected chi connectivity index (χ3v) is 2.56. The third kappa shape index (κ3) is 2.62. The fourth-order valence-corrected chi connectivity index (χ4v) is 1.61. The van der Waals surface area contributed by atoms with Gasteiger partial charge in [-0.3, -0.25) is 9.48 Å². The topological polar surface area (TPSA) is 85.3 Å². The van der Waals surface area contributed by atoms with Crippen LogP contribution in [-0.2, 0) is 7.05 Å². The Balaban J connectivity index is 2.34. The number of ketones is 1. The van der Waals surface area contributed by atoms with Crippen molar-refractivity contribution in [3.05, 3.63) is 51.8 Å². The van der Waals surface area contributed by atoms with Crippen LogP contribution in [0, 0.1) is 6.92 Å². The van der Waals surface area contributed by atoms with Crippen molar-refractivity contribution in [2.45, 2.75) is 6.92 Å². The molecule has 2 aromatic rings. The van der Waals surface area contributed by atoms with E-state index in [1.165, 1.54) is 25.1 Å². The zero-order chi connectivity index (χ0) is 14.0. The molecule has 0 aliphatic rings. The van der Waals surface area contributed by atoms with Crippen molar-refractivity contribution in [2.24, 2.45) is 7.05 Å². The van der Waals surface area contributed by atoms with E-state index in [4.69, 9.17) is 4.42 Å². The quantitative estimate of drug-likeness (QED) is 0.663. The van der Waals surface area contributed by atoms with Crippen LogP contribution in [0.1, 0.15) is 21.8 Å². The number of aryl methyl sites for hydroxylation is 2. The molecule has 0 saturated carbocycles. The number of hydrogen-bond acceptors (Lipinski definition) is 5. The second kappa shape index (κ2) is 4.93. The molecule has 2 rings (SSSR count). The minimum atomic E-state index is -0.850. The van der Waals surface area contributed by atoms with Crippen molar-refractivity contribution in [1.29, 1.82) is 0 Å². The van der Waals surface area contributed by atoms with Crippen LogP contribution in [0.5, 0.6) is 5.75 Å². The van der Waals surface area contributed by atoms with Crippen molar-refractivity contribution in [2.75, 3.05) is 0 Å².